The lowest BCUT2D eigenvalue weighted by Crippen LogP contribution is -2.36. The molecule has 0 atom stereocenters. The van der Waals surface area contributed by atoms with E-state index in [4.69, 9.17) is 9.47 Å². The quantitative estimate of drug-likeness (QED) is 0.871. The number of fused-ring (bicyclic) bond motifs is 1. The molecule has 0 spiro atoms. The lowest BCUT2D eigenvalue weighted by molar-refractivity contribution is 0.0689. The molecular weight excluding hydrogens is 292 g/mol. The van der Waals surface area contributed by atoms with Gasteiger partial charge in [-0.2, -0.15) is 0 Å². The van der Waals surface area contributed by atoms with E-state index in [1.54, 1.807) is 24.5 Å². The van der Waals surface area contributed by atoms with E-state index in [-0.39, 0.29) is 11.9 Å². The van der Waals surface area contributed by atoms with Crippen molar-refractivity contribution in [2.75, 3.05) is 13.2 Å². The maximum Gasteiger partial charge on any atom is 0.255 e. The van der Waals surface area contributed by atoms with Crippen molar-refractivity contribution in [3.63, 3.8) is 0 Å². The number of amides is 1. The summed E-state index contributed by atoms with van der Waals surface area (Å²) in [5.74, 6) is 1.48. The first-order chi connectivity index (χ1) is 11.1. The summed E-state index contributed by atoms with van der Waals surface area (Å²) in [7, 11) is 0. The van der Waals surface area contributed by atoms with Crippen LogP contribution in [0.15, 0.2) is 42.7 Å². The summed E-state index contributed by atoms with van der Waals surface area (Å²) in [5.41, 5.74) is 1.61. The predicted molar refractivity (Wildman–Crippen MR) is 86.7 cm³/mol. The zero-order valence-electron chi connectivity index (χ0n) is 13.4. The highest BCUT2D eigenvalue weighted by molar-refractivity contribution is 5.94. The van der Waals surface area contributed by atoms with Gasteiger partial charge in [-0.1, -0.05) is 6.07 Å². The van der Waals surface area contributed by atoms with E-state index in [2.05, 4.69) is 4.98 Å². The Hall–Kier alpha value is -2.56. The highest BCUT2D eigenvalue weighted by atomic mass is 16.6. The second-order valence-corrected chi connectivity index (χ2v) is 5.75. The van der Waals surface area contributed by atoms with Gasteiger partial charge in [0.1, 0.15) is 13.2 Å². The van der Waals surface area contributed by atoms with E-state index >= 15 is 0 Å². The van der Waals surface area contributed by atoms with Crippen LogP contribution in [0, 0.1) is 0 Å². The number of carbonyl (C=O) groups is 1. The number of pyridine rings is 1. The smallest absolute Gasteiger partial charge is 0.255 e. The molecule has 3 rings (SSSR count). The van der Waals surface area contributed by atoms with Crippen LogP contribution in [-0.2, 0) is 6.54 Å². The highest BCUT2D eigenvalue weighted by Crippen LogP contribution is 2.31. The molecule has 0 radical (unpaired) electrons. The van der Waals surface area contributed by atoms with Crippen molar-refractivity contribution in [1.29, 1.82) is 0 Å². The van der Waals surface area contributed by atoms with Gasteiger partial charge in [-0.3, -0.25) is 9.78 Å². The third-order valence-electron chi connectivity index (χ3n) is 3.75. The molecule has 120 valence electrons. The van der Waals surface area contributed by atoms with Crippen LogP contribution in [0.2, 0.25) is 0 Å². The minimum absolute atomic E-state index is 0.0250. The third-order valence-corrected chi connectivity index (χ3v) is 3.75. The fourth-order valence-electron chi connectivity index (χ4n) is 2.53. The second-order valence-electron chi connectivity index (χ2n) is 5.75. The van der Waals surface area contributed by atoms with Crippen molar-refractivity contribution < 1.29 is 14.3 Å². The van der Waals surface area contributed by atoms with Crippen molar-refractivity contribution in [3.05, 3.63) is 53.9 Å². The van der Waals surface area contributed by atoms with Crippen molar-refractivity contribution in [2.24, 2.45) is 0 Å². The predicted octanol–water partition coefficient (Wildman–Crippen LogP) is 2.90. The number of hydrogen-bond acceptors (Lipinski definition) is 4. The lowest BCUT2D eigenvalue weighted by atomic mass is 10.1. The normalized spacial score (nSPS) is 13.0. The fourth-order valence-corrected chi connectivity index (χ4v) is 2.53. The molecule has 2 heterocycles. The first-order valence-electron chi connectivity index (χ1n) is 7.74. The van der Waals surface area contributed by atoms with E-state index in [9.17, 15) is 4.79 Å². The number of rotatable bonds is 4. The zero-order chi connectivity index (χ0) is 16.2. The average molecular weight is 312 g/mol. The molecule has 1 aliphatic heterocycles. The molecule has 0 N–H and O–H groups in total. The molecule has 1 aliphatic rings. The fraction of sp³-hybridized carbons (Fsp3) is 0.333. The topological polar surface area (TPSA) is 51.7 Å². The summed E-state index contributed by atoms with van der Waals surface area (Å²) in [6.45, 7) is 5.66. The first-order valence-corrected chi connectivity index (χ1v) is 7.74. The summed E-state index contributed by atoms with van der Waals surface area (Å²) < 4.78 is 11.1. The Bertz CT molecular complexity index is 686. The van der Waals surface area contributed by atoms with Gasteiger partial charge in [0.2, 0.25) is 0 Å². The molecule has 0 unspecified atom stereocenters. The van der Waals surface area contributed by atoms with Crippen LogP contribution in [0.1, 0.15) is 29.8 Å². The number of carbonyl (C=O) groups excluding carboxylic acids is 1. The van der Waals surface area contributed by atoms with E-state index < -0.39 is 0 Å². The molecule has 2 aromatic rings. The van der Waals surface area contributed by atoms with Crippen molar-refractivity contribution in [2.45, 2.75) is 26.4 Å². The van der Waals surface area contributed by atoms with Crippen LogP contribution < -0.4 is 9.47 Å². The van der Waals surface area contributed by atoms with Gasteiger partial charge in [0.15, 0.2) is 11.5 Å². The SMILES string of the molecule is CC(C)N(Cc1ccc2c(c1)OCCO2)C(=O)c1cccnc1. The molecule has 1 aromatic carbocycles. The summed E-state index contributed by atoms with van der Waals surface area (Å²) in [6, 6.07) is 9.46. The molecular formula is C18H20N2O3. The molecule has 0 saturated heterocycles. The van der Waals surface area contributed by atoms with Gasteiger partial charge in [0.05, 0.1) is 5.56 Å². The number of nitrogens with zero attached hydrogens (tertiary/aromatic N) is 2. The number of benzene rings is 1. The van der Waals surface area contributed by atoms with Gasteiger partial charge < -0.3 is 14.4 Å². The molecule has 0 aliphatic carbocycles. The number of aromatic nitrogens is 1. The van der Waals surface area contributed by atoms with Gasteiger partial charge in [0.25, 0.3) is 5.91 Å². The van der Waals surface area contributed by atoms with E-state index in [0.29, 0.717) is 25.3 Å². The van der Waals surface area contributed by atoms with Gasteiger partial charge in [-0.25, -0.2) is 0 Å². The molecule has 0 bridgehead atoms. The Morgan fingerprint density at radius 2 is 2.00 bits per heavy atom. The van der Waals surface area contributed by atoms with Crippen molar-refractivity contribution in [1.82, 2.24) is 9.88 Å². The Morgan fingerprint density at radius 1 is 1.22 bits per heavy atom. The van der Waals surface area contributed by atoms with Crippen LogP contribution in [0.5, 0.6) is 11.5 Å². The molecule has 1 aromatic heterocycles. The molecule has 1 amide bonds. The molecule has 5 heteroatoms. The minimum atomic E-state index is -0.0250. The Labute approximate surface area is 135 Å². The Balaban J connectivity index is 1.81. The van der Waals surface area contributed by atoms with E-state index in [0.717, 1.165) is 17.1 Å². The number of ether oxygens (including phenoxy) is 2. The van der Waals surface area contributed by atoms with Crippen molar-refractivity contribution >= 4 is 5.91 Å². The zero-order valence-corrected chi connectivity index (χ0v) is 13.4. The van der Waals surface area contributed by atoms with Crippen LogP contribution in [0.25, 0.3) is 0 Å². The van der Waals surface area contributed by atoms with Gasteiger partial charge in [-0.15, -0.1) is 0 Å². The Morgan fingerprint density at radius 3 is 2.70 bits per heavy atom. The summed E-state index contributed by atoms with van der Waals surface area (Å²) in [6.07, 6.45) is 3.26. The summed E-state index contributed by atoms with van der Waals surface area (Å²) in [4.78, 5) is 18.6. The first kappa shape index (κ1) is 15.3. The summed E-state index contributed by atoms with van der Waals surface area (Å²) >= 11 is 0. The van der Waals surface area contributed by atoms with Gasteiger partial charge in [-0.05, 0) is 43.7 Å². The Kier molecular flexibility index (Phi) is 4.46. The lowest BCUT2D eigenvalue weighted by Gasteiger charge is -2.27. The number of hydrogen-bond donors (Lipinski definition) is 0. The maximum atomic E-state index is 12.7. The summed E-state index contributed by atoms with van der Waals surface area (Å²) in [5, 5.41) is 0. The molecule has 23 heavy (non-hydrogen) atoms. The minimum Gasteiger partial charge on any atom is -0.486 e. The third kappa shape index (κ3) is 3.44. The highest BCUT2D eigenvalue weighted by Gasteiger charge is 2.20. The largest absolute Gasteiger partial charge is 0.486 e. The van der Waals surface area contributed by atoms with E-state index in [1.165, 1.54) is 0 Å². The van der Waals surface area contributed by atoms with E-state index in [1.807, 2.05) is 36.9 Å². The maximum absolute atomic E-state index is 12.7. The van der Waals surface area contributed by atoms with Crippen LogP contribution >= 0.6 is 0 Å². The van der Waals surface area contributed by atoms with Crippen LogP contribution in [-0.4, -0.2) is 35.0 Å². The van der Waals surface area contributed by atoms with Crippen LogP contribution in [0.3, 0.4) is 0 Å². The monoisotopic (exact) mass is 312 g/mol. The molecule has 5 nitrogen and oxygen atoms in total. The second kappa shape index (κ2) is 6.69. The van der Waals surface area contributed by atoms with Gasteiger partial charge in [0, 0.05) is 25.0 Å². The molecule has 0 fully saturated rings. The van der Waals surface area contributed by atoms with Gasteiger partial charge >= 0.3 is 0 Å². The van der Waals surface area contributed by atoms with Crippen LogP contribution in [0.4, 0.5) is 0 Å². The molecule has 0 saturated carbocycles. The standard InChI is InChI=1S/C18H20N2O3/c1-13(2)20(18(21)15-4-3-7-19-11-15)12-14-5-6-16-17(10-14)23-9-8-22-16/h3-7,10-11,13H,8-9,12H2,1-2H3. The average Bonchev–Trinajstić information content (AvgIpc) is 2.59. The van der Waals surface area contributed by atoms with Crippen molar-refractivity contribution in [3.8, 4) is 11.5 Å².